The third kappa shape index (κ3) is 5.81. The van der Waals surface area contributed by atoms with Gasteiger partial charge in [-0.2, -0.15) is 18.3 Å². The highest BCUT2D eigenvalue weighted by atomic mass is 19.4. The Bertz CT molecular complexity index is 1240. The van der Waals surface area contributed by atoms with Crippen molar-refractivity contribution in [1.29, 1.82) is 0 Å². The van der Waals surface area contributed by atoms with Gasteiger partial charge in [-0.25, -0.2) is 9.67 Å². The number of carbonyl (C=O) groups is 1. The van der Waals surface area contributed by atoms with Crippen LogP contribution in [0.4, 0.5) is 19.0 Å². The van der Waals surface area contributed by atoms with Crippen molar-refractivity contribution in [2.45, 2.75) is 58.5 Å². The fourth-order valence-electron chi connectivity index (χ4n) is 4.29. The van der Waals surface area contributed by atoms with Crippen molar-refractivity contribution in [3.8, 4) is 5.69 Å². The maximum atomic E-state index is 13.2. The Morgan fingerprint density at radius 3 is 1.95 bits per heavy atom. The number of amides is 1. The van der Waals surface area contributed by atoms with Crippen LogP contribution in [0.15, 0.2) is 48.7 Å². The predicted molar refractivity (Wildman–Crippen MR) is 138 cm³/mol. The van der Waals surface area contributed by atoms with Gasteiger partial charge in [0.25, 0.3) is 5.91 Å². The summed E-state index contributed by atoms with van der Waals surface area (Å²) in [6.45, 7) is 14.8. The van der Waals surface area contributed by atoms with Crippen molar-refractivity contribution >= 4 is 11.7 Å². The Hall–Kier alpha value is -3.36. The van der Waals surface area contributed by atoms with Gasteiger partial charge in [-0.15, -0.1) is 0 Å². The summed E-state index contributed by atoms with van der Waals surface area (Å²) in [5.74, 6) is 0.409. The monoisotopic (exact) mass is 513 g/mol. The number of halogens is 3. The number of rotatable bonds is 3. The fraction of sp³-hybridized carbons (Fsp3) is 0.464. The lowest BCUT2D eigenvalue weighted by Crippen LogP contribution is -2.49. The van der Waals surface area contributed by atoms with E-state index in [4.69, 9.17) is 5.10 Å². The summed E-state index contributed by atoms with van der Waals surface area (Å²) >= 11 is 0. The van der Waals surface area contributed by atoms with Gasteiger partial charge < -0.3 is 9.80 Å². The molecule has 1 amide bonds. The molecule has 0 N–H and O–H groups in total. The molecule has 1 saturated heterocycles. The van der Waals surface area contributed by atoms with E-state index in [1.807, 2.05) is 33.8 Å². The topological polar surface area (TPSA) is 54.3 Å². The molecular formula is C28H34F3N5O. The predicted octanol–water partition coefficient (Wildman–Crippen LogP) is 5.84. The van der Waals surface area contributed by atoms with Crippen LogP contribution in [0.25, 0.3) is 5.69 Å². The van der Waals surface area contributed by atoms with E-state index in [2.05, 4.69) is 52.6 Å². The zero-order valence-electron chi connectivity index (χ0n) is 22.2. The third-order valence-corrected chi connectivity index (χ3v) is 6.57. The first-order valence-electron chi connectivity index (χ1n) is 12.4. The summed E-state index contributed by atoms with van der Waals surface area (Å²) in [7, 11) is 0. The number of carbonyl (C=O) groups excluding carboxylic acids is 1. The van der Waals surface area contributed by atoms with Gasteiger partial charge in [0.05, 0.1) is 16.9 Å². The van der Waals surface area contributed by atoms with E-state index in [1.165, 1.54) is 6.07 Å². The van der Waals surface area contributed by atoms with Crippen molar-refractivity contribution in [3.05, 3.63) is 71.2 Å². The molecule has 9 heteroatoms. The molecule has 0 unspecified atom stereocenters. The van der Waals surface area contributed by atoms with Crippen molar-refractivity contribution in [1.82, 2.24) is 19.7 Å². The molecule has 1 aliphatic rings. The molecule has 0 radical (unpaired) electrons. The van der Waals surface area contributed by atoms with Gasteiger partial charge in [0, 0.05) is 54.5 Å². The molecule has 2 aromatic heterocycles. The molecule has 0 bridgehead atoms. The van der Waals surface area contributed by atoms with E-state index in [0.29, 0.717) is 37.6 Å². The molecule has 37 heavy (non-hydrogen) atoms. The Morgan fingerprint density at radius 2 is 1.46 bits per heavy atom. The Balaban J connectivity index is 1.45. The molecule has 4 rings (SSSR count). The lowest BCUT2D eigenvalue weighted by Gasteiger charge is -2.35. The number of hydrogen-bond acceptors (Lipinski definition) is 4. The SMILES string of the molecule is CC(C)(C)c1cc(C(C)(C)C)n(-c2ccc(C(=O)N3CCN(c4ccc(C(F)(F)F)cn4)CC3)cc2)n1. The average Bonchev–Trinajstić information content (AvgIpc) is 3.31. The Kier molecular flexibility index (Phi) is 6.86. The summed E-state index contributed by atoms with van der Waals surface area (Å²) in [4.78, 5) is 20.8. The summed E-state index contributed by atoms with van der Waals surface area (Å²) < 4.78 is 40.4. The lowest BCUT2D eigenvalue weighted by atomic mass is 9.88. The number of piperazine rings is 1. The maximum Gasteiger partial charge on any atom is 0.417 e. The standard InChI is InChI=1S/C28H34F3N5O/c1-26(2,3)22-17-23(27(4,5)6)36(33-22)21-10-7-19(8-11-21)25(37)35-15-13-34(14-16-35)24-12-9-20(18-32-24)28(29,30)31/h7-12,17-18H,13-16H2,1-6H3. The fourth-order valence-corrected chi connectivity index (χ4v) is 4.29. The van der Waals surface area contributed by atoms with Gasteiger partial charge in [0.15, 0.2) is 0 Å². The maximum absolute atomic E-state index is 13.2. The molecule has 0 spiro atoms. The normalized spacial score (nSPS) is 15.3. The third-order valence-electron chi connectivity index (χ3n) is 6.57. The smallest absolute Gasteiger partial charge is 0.353 e. The van der Waals surface area contributed by atoms with Crippen molar-refractivity contribution < 1.29 is 18.0 Å². The van der Waals surface area contributed by atoms with Crippen LogP contribution in [0.1, 0.15) is 68.9 Å². The van der Waals surface area contributed by atoms with Crippen LogP contribution in [0.5, 0.6) is 0 Å². The first-order chi connectivity index (χ1) is 17.1. The number of benzene rings is 1. The second kappa shape index (κ2) is 9.50. The van der Waals surface area contributed by atoms with Crippen molar-refractivity contribution in [2.75, 3.05) is 31.1 Å². The van der Waals surface area contributed by atoms with E-state index in [-0.39, 0.29) is 16.7 Å². The van der Waals surface area contributed by atoms with Crippen LogP contribution in [-0.4, -0.2) is 51.8 Å². The van der Waals surface area contributed by atoms with Gasteiger partial charge in [-0.1, -0.05) is 41.5 Å². The first-order valence-corrected chi connectivity index (χ1v) is 12.4. The summed E-state index contributed by atoms with van der Waals surface area (Å²) in [6, 6.07) is 12.1. The molecule has 3 aromatic rings. The van der Waals surface area contributed by atoms with Crippen LogP contribution in [0.2, 0.25) is 0 Å². The van der Waals surface area contributed by atoms with Gasteiger partial charge in [0.1, 0.15) is 5.82 Å². The Labute approximate surface area is 216 Å². The largest absolute Gasteiger partial charge is 0.417 e. The molecule has 1 aliphatic heterocycles. The quantitative estimate of drug-likeness (QED) is 0.441. The van der Waals surface area contributed by atoms with Crippen LogP contribution in [0.3, 0.4) is 0 Å². The molecule has 0 aliphatic carbocycles. The van der Waals surface area contributed by atoms with E-state index >= 15 is 0 Å². The minimum atomic E-state index is -4.41. The van der Waals surface area contributed by atoms with E-state index in [1.54, 1.807) is 4.90 Å². The summed E-state index contributed by atoms with van der Waals surface area (Å²) in [5, 5.41) is 4.89. The number of aromatic nitrogens is 3. The minimum absolute atomic E-state index is 0.0709. The first kappa shape index (κ1) is 26.7. The molecule has 1 aromatic carbocycles. The van der Waals surface area contributed by atoms with Gasteiger partial charge in [-0.3, -0.25) is 4.79 Å². The highest BCUT2D eigenvalue weighted by Gasteiger charge is 2.31. The molecular weight excluding hydrogens is 479 g/mol. The van der Waals surface area contributed by atoms with Gasteiger partial charge in [-0.05, 0) is 42.5 Å². The van der Waals surface area contributed by atoms with E-state index < -0.39 is 11.7 Å². The summed E-state index contributed by atoms with van der Waals surface area (Å²) in [6.07, 6.45) is -3.56. The molecule has 6 nitrogen and oxygen atoms in total. The highest BCUT2D eigenvalue weighted by molar-refractivity contribution is 5.94. The molecule has 0 atom stereocenters. The number of nitrogens with zero attached hydrogens (tertiary/aromatic N) is 5. The second-order valence-corrected chi connectivity index (χ2v) is 11.6. The molecule has 198 valence electrons. The highest BCUT2D eigenvalue weighted by Crippen LogP contribution is 2.31. The molecule has 0 saturated carbocycles. The minimum Gasteiger partial charge on any atom is -0.353 e. The number of alkyl halides is 3. The van der Waals surface area contributed by atoms with Crippen LogP contribution in [0, 0.1) is 0 Å². The van der Waals surface area contributed by atoms with Crippen LogP contribution in [-0.2, 0) is 17.0 Å². The average molecular weight is 514 g/mol. The Morgan fingerprint density at radius 1 is 0.838 bits per heavy atom. The van der Waals surface area contributed by atoms with Gasteiger partial charge >= 0.3 is 6.18 Å². The number of anilines is 1. The van der Waals surface area contributed by atoms with E-state index in [0.717, 1.165) is 29.3 Å². The van der Waals surface area contributed by atoms with Gasteiger partial charge in [0.2, 0.25) is 0 Å². The van der Waals surface area contributed by atoms with Crippen molar-refractivity contribution in [2.24, 2.45) is 0 Å². The number of hydrogen-bond donors (Lipinski definition) is 0. The van der Waals surface area contributed by atoms with Crippen LogP contribution >= 0.6 is 0 Å². The zero-order chi connectivity index (χ0) is 27.2. The molecule has 1 fully saturated rings. The molecule has 3 heterocycles. The summed E-state index contributed by atoms with van der Waals surface area (Å²) in [5.41, 5.74) is 2.64. The van der Waals surface area contributed by atoms with Crippen LogP contribution < -0.4 is 4.90 Å². The second-order valence-electron chi connectivity index (χ2n) is 11.6. The number of pyridine rings is 1. The zero-order valence-corrected chi connectivity index (χ0v) is 22.2. The van der Waals surface area contributed by atoms with E-state index in [9.17, 15) is 18.0 Å². The van der Waals surface area contributed by atoms with Crippen molar-refractivity contribution in [3.63, 3.8) is 0 Å². The lowest BCUT2D eigenvalue weighted by molar-refractivity contribution is -0.137.